The van der Waals surface area contributed by atoms with Crippen molar-refractivity contribution in [3.05, 3.63) is 66.2 Å². The van der Waals surface area contributed by atoms with Gasteiger partial charge < -0.3 is 14.2 Å². The SMILES string of the molecule is COc1cccc2sc(NC(=O)c3cccc(NS(=O)(=O)c4ccc5c(c4)OCCO5)c3)nc12. The molecule has 0 spiro atoms. The van der Waals surface area contributed by atoms with Crippen molar-refractivity contribution >= 4 is 48.3 Å². The average Bonchev–Trinajstić information content (AvgIpc) is 3.26. The highest BCUT2D eigenvalue weighted by Crippen LogP contribution is 2.34. The summed E-state index contributed by atoms with van der Waals surface area (Å²) in [5, 5.41) is 3.17. The van der Waals surface area contributed by atoms with Gasteiger partial charge in [0.15, 0.2) is 16.6 Å². The van der Waals surface area contributed by atoms with E-state index in [0.29, 0.717) is 41.1 Å². The molecule has 11 heteroatoms. The van der Waals surface area contributed by atoms with Crippen molar-refractivity contribution in [1.29, 1.82) is 0 Å². The van der Waals surface area contributed by atoms with E-state index in [1.165, 1.54) is 29.5 Å². The van der Waals surface area contributed by atoms with Crippen molar-refractivity contribution in [3.63, 3.8) is 0 Å². The smallest absolute Gasteiger partial charge is 0.262 e. The zero-order valence-corrected chi connectivity index (χ0v) is 19.5. The second-order valence-electron chi connectivity index (χ2n) is 7.27. The summed E-state index contributed by atoms with van der Waals surface area (Å²) in [4.78, 5) is 17.3. The van der Waals surface area contributed by atoms with Gasteiger partial charge in [-0.25, -0.2) is 13.4 Å². The Kier molecular flexibility index (Phi) is 5.72. The van der Waals surface area contributed by atoms with Crippen molar-refractivity contribution in [2.24, 2.45) is 0 Å². The number of aromatic nitrogens is 1. The van der Waals surface area contributed by atoms with Crippen molar-refractivity contribution in [3.8, 4) is 17.2 Å². The van der Waals surface area contributed by atoms with E-state index in [1.807, 2.05) is 12.1 Å². The van der Waals surface area contributed by atoms with Gasteiger partial charge in [-0.05, 0) is 42.5 Å². The number of methoxy groups -OCH3 is 1. The number of hydrogen-bond acceptors (Lipinski definition) is 8. The summed E-state index contributed by atoms with van der Waals surface area (Å²) < 4.78 is 45.4. The molecule has 1 aliphatic rings. The number of amides is 1. The molecule has 2 N–H and O–H groups in total. The molecule has 1 aliphatic heterocycles. The minimum Gasteiger partial charge on any atom is -0.494 e. The van der Waals surface area contributed by atoms with Gasteiger partial charge in [0.05, 0.1) is 16.7 Å². The van der Waals surface area contributed by atoms with E-state index in [0.717, 1.165) is 4.70 Å². The Balaban J connectivity index is 1.34. The van der Waals surface area contributed by atoms with Crippen LogP contribution in [0.25, 0.3) is 10.2 Å². The van der Waals surface area contributed by atoms with Gasteiger partial charge in [-0.2, -0.15) is 0 Å². The average molecular weight is 498 g/mol. The number of carbonyl (C=O) groups excluding carboxylic acids is 1. The third-order valence-corrected chi connectivity index (χ3v) is 7.34. The monoisotopic (exact) mass is 497 g/mol. The Hall–Kier alpha value is -3.83. The fourth-order valence-corrected chi connectivity index (χ4v) is 5.38. The normalized spacial score (nSPS) is 12.9. The maximum atomic E-state index is 12.9. The van der Waals surface area contributed by atoms with Crippen LogP contribution in [0.2, 0.25) is 0 Å². The van der Waals surface area contributed by atoms with Gasteiger partial charge >= 0.3 is 0 Å². The number of benzene rings is 3. The van der Waals surface area contributed by atoms with Crippen LogP contribution in [-0.4, -0.2) is 39.6 Å². The molecule has 9 nitrogen and oxygen atoms in total. The van der Waals surface area contributed by atoms with Gasteiger partial charge in [0, 0.05) is 17.3 Å². The lowest BCUT2D eigenvalue weighted by Crippen LogP contribution is -2.17. The summed E-state index contributed by atoms with van der Waals surface area (Å²) in [5.41, 5.74) is 1.17. The quantitative estimate of drug-likeness (QED) is 0.411. The topological polar surface area (TPSA) is 116 Å². The number of anilines is 2. The molecule has 0 saturated carbocycles. The second-order valence-corrected chi connectivity index (χ2v) is 9.98. The number of thiazole rings is 1. The van der Waals surface area contributed by atoms with Gasteiger partial charge in [-0.1, -0.05) is 23.5 Å². The highest BCUT2D eigenvalue weighted by Gasteiger charge is 2.20. The molecule has 5 rings (SSSR count). The highest BCUT2D eigenvalue weighted by molar-refractivity contribution is 7.92. The van der Waals surface area contributed by atoms with E-state index < -0.39 is 15.9 Å². The number of para-hydroxylation sites is 1. The second kappa shape index (κ2) is 8.84. The molecule has 0 saturated heterocycles. The molecule has 0 fully saturated rings. The Labute approximate surface area is 199 Å². The molecule has 1 aromatic heterocycles. The summed E-state index contributed by atoms with van der Waals surface area (Å²) in [6.07, 6.45) is 0. The largest absolute Gasteiger partial charge is 0.494 e. The first kappa shape index (κ1) is 22.0. The molecule has 3 aromatic carbocycles. The highest BCUT2D eigenvalue weighted by atomic mass is 32.2. The zero-order valence-electron chi connectivity index (χ0n) is 17.9. The molecular weight excluding hydrogens is 478 g/mol. The maximum Gasteiger partial charge on any atom is 0.262 e. The molecule has 4 aromatic rings. The third-order valence-electron chi connectivity index (χ3n) is 5.02. The van der Waals surface area contributed by atoms with Crippen molar-refractivity contribution in [1.82, 2.24) is 4.98 Å². The van der Waals surface area contributed by atoms with E-state index in [-0.39, 0.29) is 16.1 Å². The van der Waals surface area contributed by atoms with Crippen LogP contribution in [0.15, 0.2) is 65.6 Å². The van der Waals surface area contributed by atoms with Crippen LogP contribution in [0.3, 0.4) is 0 Å². The molecule has 0 atom stereocenters. The van der Waals surface area contributed by atoms with Crippen LogP contribution in [0.5, 0.6) is 17.2 Å². The van der Waals surface area contributed by atoms with E-state index in [1.54, 1.807) is 37.4 Å². The number of fused-ring (bicyclic) bond motifs is 2. The van der Waals surface area contributed by atoms with E-state index in [4.69, 9.17) is 14.2 Å². The molecule has 0 radical (unpaired) electrons. The van der Waals surface area contributed by atoms with Crippen LogP contribution in [0, 0.1) is 0 Å². The Bertz CT molecular complexity index is 1500. The van der Waals surface area contributed by atoms with Crippen LogP contribution >= 0.6 is 11.3 Å². The standard InChI is InChI=1S/C23H19N3O6S2/c1-30-18-6-3-7-20-21(18)24-23(33-20)25-22(27)14-4-2-5-15(12-14)26-34(28,29)16-8-9-17-19(13-16)32-11-10-31-17/h2-9,12-13,26H,10-11H2,1H3,(H,24,25,27). The van der Waals surface area contributed by atoms with Crippen molar-refractivity contribution in [2.75, 3.05) is 30.4 Å². The molecule has 34 heavy (non-hydrogen) atoms. The zero-order chi connectivity index (χ0) is 23.7. The molecule has 0 aliphatic carbocycles. The summed E-state index contributed by atoms with van der Waals surface area (Å²) >= 11 is 1.32. The summed E-state index contributed by atoms with van der Waals surface area (Å²) in [6, 6.07) is 16.1. The Morgan fingerprint density at radius 3 is 2.65 bits per heavy atom. The fourth-order valence-electron chi connectivity index (χ4n) is 3.44. The first-order valence-corrected chi connectivity index (χ1v) is 12.5. The van der Waals surface area contributed by atoms with Crippen molar-refractivity contribution < 1.29 is 27.4 Å². The van der Waals surface area contributed by atoms with Gasteiger partial charge in [0.25, 0.3) is 15.9 Å². The van der Waals surface area contributed by atoms with Crippen LogP contribution in [0.1, 0.15) is 10.4 Å². The van der Waals surface area contributed by atoms with Gasteiger partial charge in [-0.15, -0.1) is 0 Å². The Morgan fingerprint density at radius 2 is 1.82 bits per heavy atom. The summed E-state index contributed by atoms with van der Waals surface area (Å²) in [6.45, 7) is 0.763. The van der Waals surface area contributed by atoms with Crippen LogP contribution in [0.4, 0.5) is 10.8 Å². The Morgan fingerprint density at radius 1 is 1.03 bits per heavy atom. The van der Waals surface area contributed by atoms with Crippen LogP contribution in [-0.2, 0) is 10.0 Å². The lowest BCUT2D eigenvalue weighted by Gasteiger charge is -2.19. The molecule has 0 bridgehead atoms. The molecular formula is C23H19N3O6S2. The van der Waals surface area contributed by atoms with E-state index in [9.17, 15) is 13.2 Å². The molecule has 0 unspecified atom stereocenters. The summed E-state index contributed by atoms with van der Waals surface area (Å²) in [5.74, 6) is 1.06. The maximum absolute atomic E-state index is 12.9. The van der Waals surface area contributed by atoms with E-state index >= 15 is 0 Å². The van der Waals surface area contributed by atoms with Crippen molar-refractivity contribution in [2.45, 2.75) is 4.90 Å². The third kappa shape index (κ3) is 4.35. The lowest BCUT2D eigenvalue weighted by molar-refractivity contribution is 0.102. The number of ether oxygens (including phenoxy) is 3. The minimum atomic E-state index is -3.91. The van der Waals surface area contributed by atoms with Gasteiger partial charge in [0.1, 0.15) is 24.5 Å². The number of hydrogen-bond donors (Lipinski definition) is 2. The number of rotatable bonds is 6. The number of sulfonamides is 1. The number of nitrogens with one attached hydrogen (secondary N) is 2. The first-order chi connectivity index (χ1) is 16.4. The predicted octanol–water partition coefficient (Wildman–Crippen LogP) is 4.13. The van der Waals surface area contributed by atoms with E-state index in [2.05, 4.69) is 15.0 Å². The predicted molar refractivity (Wildman–Crippen MR) is 129 cm³/mol. The first-order valence-electron chi connectivity index (χ1n) is 10.2. The molecule has 2 heterocycles. The number of nitrogens with zero attached hydrogens (tertiary/aromatic N) is 1. The fraction of sp³-hybridized carbons (Fsp3) is 0.130. The number of carbonyl (C=O) groups is 1. The van der Waals surface area contributed by atoms with Gasteiger partial charge in [0.2, 0.25) is 0 Å². The summed E-state index contributed by atoms with van der Waals surface area (Å²) in [7, 11) is -2.36. The molecule has 1 amide bonds. The lowest BCUT2D eigenvalue weighted by atomic mass is 10.2. The molecule has 174 valence electrons. The van der Waals surface area contributed by atoms with Crippen LogP contribution < -0.4 is 24.2 Å². The minimum absolute atomic E-state index is 0.0232. The van der Waals surface area contributed by atoms with Gasteiger partial charge in [-0.3, -0.25) is 14.8 Å².